The van der Waals surface area contributed by atoms with E-state index in [4.69, 9.17) is 5.73 Å². The molecule has 1 aliphatic carbocycles. The Balaban J connectivity index is 2.36. The number of nitrogens with two attached hydrogens (primary N) is 1. The molecule has 0 spiro atoms. The Hall–Kier alpha value is -1.76. The molecule has 0 bridgehead atoms. The van der Waals surface area contributed by atoms with Crippen LogP contribution in [0.15, 0.2) is 42.5 Å². The van der Waals surface area contributed by atoms with Gasteiger partial charge in [0.1, 0.15) is 0 Å². The summed E-state index contributed by atoms with van der Waals surface area (Å²) >= 11 is 0. The first-order valence-electron chi connectivity index (χ1n) is 7.82. The van der Waals surface area contributed by atoms with Crippen molar-refractivity contribution in [2.45, 2.75) is 51.4 Å². The highest BCUT2D eigenvalue weighted by Gasteiger charge is 2.39. The van der Waals surface area contributed by atoms with Gasteiger partial charge in [-0.3, -0.25) is 0 Å². The van der Waals surface area contributed by atoms with Crippen molar-refractivity contribution in [3.8, 4) is 11.1 Å². The van der Waals surface area contributed by atoms with Gasteiger partial charge in [0.05, 0.1) is 0 Å². The molecule has 0 aromatic heterocycles. The van der Waals surface area contributed by atoms with Crippen molar-refractivity contribution in [3.63, 3.8) is 0 Å². The second kappa shape index (κ2) is 4.62. The second-order valence-corrected chi connectivity index (χ2v) is 7.59. The van der Waals surface area contributed by atoms with Gasteiger partial charge in [-0.15, -0.1) is 0 Å². The maximum atomic E-state index is 6.39. The Kier molecular flexibility index (Phi) is 3.12. The molecule has 0 saturated heterocycles. The van der Waals surface area contributed by atoms with E-state index in [2.05, 4.69) is 70.2 Å². The maximum Gasteiger partial charge on any atom is 0.0396 e. The molecule has 1 nitrogen and oxygen atoms in total. The lowest BCUT2D eigenvalue weighted by Crippen LogP contribution is -2.34. The molecule has 2 aromatic carbocycles. The molecule has 0 heterocycles. The highest BCUT2D eigenvalue weighted by molar-refractivity contribution is 5.82. The van der Waals surface area contributed by atoms with Crippen LogP contribution in [0.5, 0.6) is 0 Å². The third-order valence-corrected chi connectivity index (χ3v) is 5.08. The third-order valence-electron chi connectivity index (χ3n) is 5.08. The highest BCUT2D eigenvalue weighted by Crippen LogP contribution is 2.50. The lowest BCUT2D eigenvalue weighted by molar-refractivity contribution is 0.333. The highest BCUT2D eigenvalue weighted by atomic mass is 14.6. The molecule has 1 heteroatoms. The predicted molar refractivity (Wildman–Crippen MR) is 91.6 cm³/mol. The SMILES string of the molecule is CC1(C)CCC(C)(C)c2c1ccc(N)c2-c1ccccc1. The van der Waals surface area contributed by atoms with Gasteiger partial charge >= 0.3 is 0 Å². The molecule has 0 aliphatic heterocycles. The Bertz CT molecular complexity index is 666. The van der Waals surface area contributed by atoms with Crippen molar-refractivity contribution in [2.75, 3.05) is 5.73 Å². The van der Waals surface area contributed by atoms with Gasteiger partial charge in [-0.2, -0.15) is 0 Å². The summed E-state index contributed by atoms with van der Waals surface area (Å²) in [6.07, 6.45) is 2.43. The summed E-state index contributed by atoms with van der Waals surface area (Å²) in [7, 11) is 0. The Labute approximate surface area is 128 Å². The first-order valence-corrected chi connectivity index (χ1v) is 7.82. The fraction of sp³-hybridized carbons (Fsp3) is 0.400. The van der Waals surface area contributed by atoms with Crippen molar-refractivity contribution in [1.82, 2.24) is 0 Å². The van der Waals surface area contributed by atoms with Gasteiger partial charge in [-0.1, -0.05) is 64.1 Å². The predicted octanol–water partition coefficient (Wildman–Crippen LogP) is 5.28. The van der Waals surface area contributed by atoms with Gasteiger partial charge in [0.15, 0.2) is 0 Å². The van der Waals surface area contributed by atoms with E-state index in [1.165, 1.54) is 35.1 Å². The lowest BCUT2D eigenvalue weighted by Gasteiger charge is -2.43. The molecular formula is C20H25N. The van der Waals surface area contributed by atoms with E-state index in [1.54, 1.807) is 0 Å². The minimum Gasteiger partial charge on any atom is -0.398 e. The summed E-state index contributed by atoms with van der Waals surface area (Å²) in [6.45, 7) is 9.41. The van der Waals surface area contributed by atoms with E-state index in [0.29, 0.717) is 0 Å². The smallest absolute Gasteiger partial charge is 0.0396 e. The molecule has 0 saturated carbocycles. The van der Waals surface area contributed by atoms with Crippen LogP contribution in [0.3, 0.4) is 0 Å². The van der Waals surface area contributed by atoms with E-state index in [-0.39, 0.29) is 10.8 Å². The molecule has 1 aliphatic rings. The summed E-state index contributed by atoms with van der Waals surface area (Å²) in [5.41, 5.74) is 13.1. The first kappa shape index (κ1) is 14.2. The number of hydrogen-bond donors (Lipinski definition) is 1. The normalized spacial score (nSPS) is 19.0. The molecule has 0 fully saturated rings. The van der Waals surface area contributed by atoms with Crippen molar-refractivity contribution < 1.29 is 0 Å². The van der Waals surface area contributed by atoms with E-state index >= 15 is 0 Å². The molecule has 3 rings (SSSR count). The van der Waals surface area contributed by atoms with Gasteiger partial charge < -0.3 is 5.73 Å². The van der Waals surface area contributed by atoms with Gasteiger partial charge in [-0.25, -0.2) is 0 Å². The number of fused-ring (bicyclic) bond motifs is 1. The van der Waals surface area contributed by atoms with Crippen LogP contribution in [-0.4, -0.2) is 0 Å². The van der Waals surface area contributed by atoms with Crippen LogP contribution < -0.4 is 5.73 Å². The zero-order valence-corrected chi connectivity index (χ0v) is 13.5. The van der Waals surface area contributed by atoms with Gasteiger partial charge in [0.2, 0.25) is 0 Å². The zero-order valence-electron chi connectivity index (χ0n) is 13.5. The first-order chi connectivity index (χ1) is 9.83. The van der Waals surface area contributed by atoms with E-state index in [9.17, 15) is 0 Å². The largest absolute Gasteiger partial charge is 0.398 e. The fourth-order valence-corrected chi connectivity index (χ4v) is 3.69. The summed E-state index contributed by atoms with van der Waals surface area (Å²) in [4.78, 5) is 0. The number of benzene rings is 2. The topological polar surface area (TPSA) is 26.0 Å². The molecule has 0 atom stereocenters. The number of anilines is 1. The Morgan fingerprint density at radius 1 is 0.810 bits per heavy atom. The van der Waals surface area contributed by atoms with Crippen LogP contribution in [0.1, 0.15) is 51.7 Å². The van der Waals surface area contributed by atoms with Crippen LogP contribution in [0.25, 0.3) is 11.1 Å². The van der Waals surface area contributed by atoms with E-state index in [0.717, 1.165) is 5.69 Å². The molecule has 2 aromatic rings. The molecule has 110 valence electrons. The van der Waals surface area contributed by atoms with Gasteiger partial charge in [0.25, 0.3) is 0 Å². The van der Waals surface area contributed by atoms with Crippen LogP contribution in [0.2, 0.25) is 0 Å². The second-order valence-electron chi connectivity index (χ2n) is 7.59. The van der Waals surface area contributed by atoms with Gasteiger partial charge in [0, 0.05) is 11.3 Å². The number of nitrogen functional groups attached to an aromatic ring is 1. The Morgan fingerprint density at radius 2 is 1.43 bits per heavy atom. The van der Waals surface area contributed by atoms with Crippen molar-refractivity contribution in [3.05, 3.63) is 53.6 Å². The Morgan fingerprint density at radius 3 is 2.10 bits per heavy atom. The zero-order chi connectivity index (χ0) is 15.3. The quantitative estimate of drug-likeness (QED) is 0.706. The number of rotatable bonds is 1. The summed E-state index contributed by atoms with van der Waals surface area (Å²) in [6, 6.07) is 14.9. The maximum absolute atomic E-state index is 6.39. The lowest BCUT2D eigenvalue weighted by atomic mass is 9.61. The monoisotopic (exact) mass is 279 g/mol. The van der Waals surface area contributed by atoms with Crippen molar-refractivity contribution in [1.29, 1.82) is 0 Å². The molecule has 2 N–H and O–H groups in total. The van der Waals surface area contributed by atoms with Crippen LogP contribution in [0.4, 0.5) is 5.69 Å². The fourth-order valence-electron chi connectivity index (χ4n) is 3.69. The summed E-state index contributed by atoms with van der Waals surface area (Å²) in [5, 5.41) is 0. The van der Waals surface area contributed by atoms with Crippen LogP contribution >= 0.6 is 0 Å². The minimum atomic E-state index is 0.172. The number of hydrogen-bond acceptors (Lipinski definition) is 1. The molecule has 21 heavy (non-hydrogen) atoms. The molecule has 0 amide bonds. The molecule has 0 unspecified atom stereocenters. The summed E-state index contributed by atoms with van der Waals surface area (Å²) in [5.74, 6) is 0. The average molecular weight is 279 g/mol. The van der Waals surface area contributed by atoms with E-state index < -0.39 is 0 Å². The van der Waals surface area contributed by atoms with Crippen molar-refractivity contribution >= 4 is 5.69 Å². The molecule has 0 radical (unpaired) electrons. The molecular weight excluding hydrogens is 254 g/mol. The van der Waals surface area contributed by atoms with E-state index in [1.807, 2.05) is 0 Å². The minimum absolute atomic E-state index is 0.172. The van der Waals surface area contributed by atoms with Crippen LogP contribution in [-0.2, 0) is 10.8 Å². The average Bonchev–Trinajstić information content (AvgIpc) is 2.44. The standard InChI is InChI=1S/C20H25N/c1-19(2)12-13-20(3,4)18-15(19)10-11-16(21)17(18)14-8-6-5-7-9-14/h5-11H,12-13,21H2,1-4H3. The van der Waals surface area contributed by atoms with Crippen LogP contribution in [0, 0.1) is 0 Å². The van der Waals surface area contributed by atoms with Gasteiger partial charge in [-0.05, 0) is 46.4 Å². The third kappa shape index (κ3) is 2.25. The van der Waals surface area contributed by atoms with Crippen molar-refractivity contribution in [2.24, 2.45) is 0 Å². The summed E-state index contributed by atoms with van der Waals surface area (Å²) < 4.78 is 0.